The summed E-state index contributed by atoms with van der Waals surface area (Å²) in [6.45, 7) is 5.71. The molecule has 0 fully saturated rings. The van der Waals surface area contributed by atoms with Gasteiger partial charge in [-0.25, -0.2) is 0 Å². The second kappa shape index (κ2) is 6.37. The molecule has 0 saturated heterocycles. The zero-order valence-corrected chi connectivity index (χ0v) is 8.96. The van der Waals surface area contributed by atoms with E-state index in [1.165, 1.54) is 0 Å². The van der Waals surface area contributed by atoms with Gasteiger partial charge in [-0.2, -0.15) is 0 Å². The lowest BCUT2D eigenvalue weighted by Gasteiger charge is -2.09. The average molecular weight is 201 g/mol. The normalized spacial score (nSPS) is 12.4. The molecule has 4 N–H and O–H groups in total. The van der Waals surface area contributed by atoms with Gasteiger partial charge < -0.3 is 16.4 Å². The van der Waals surface area contributed by atoms with Gasteiger partial charge in [0.1, 0.15) is 0 Å². The van der Waals surface area contributed by atoms with Crippen molar-refractivity contribution in [3.05, 3.63) is 0 Å². The van der Waals surface area contributed by atoms with E-state index in [4.69, 9.17) is 5.73 Å². The van der Waals surface area contributed by atoms with E-state index in [0.717, 1.165) is 0 Å². The Balaban J connectivity index is 3.54. The molecule has 5 nitrogen and oxygen atoms in total. The molecule has 0 aromatic rings. The molecule has 0 aromatic heterocycles. The minimum Gasteiger partial charge on any atom is -0.354 e. The summed E-state index contributed by atoms with van der Waals surface area (Å²) in [5.41, 5.74) is 5.32. The Kier molecular flexibility index (Phi) is 5.87. The quantitative estimate of drug-likeness (QED) is 0.553. The summed E-state index contributed by atoms with van der Waals surface area (Å²) in [5.74, 6) is -0.299. The van der Waals surface area contributed by atoms with Crippen molar-refractivity contribution >= 4 is 11.8 Å². The molecule has 0 heterocycles. The van der Waals surface area contributed by atoms with Gasteiger partial charge >= 0.3 is 0 Å². The van der Waals surface area contributed by atoms with Crippen molar-refractivity contribution in [1.29, 1.82) is 0 Å². The van der Waals surface area contributed by atoms with Crippen molar-refractivity contribution < 1.29 is 9.59 Å². The molecule has 0 saturated carbocycles. The molecule has 1 atom stereocenters. The molecule has 0 spiro atoms. The highest BCUT2D eigenvalue weighted by molar-refractivity contribution is 5.82. The van der Waals surface area contributed by atoms with Gasteiger partial charge in [0.15, 0.2) is 0 Å². The van der Waals surface area contributed by atoms with Crippen LogP contribution in [0.1, 0.15) is 27.2 Å². The summed E-state index contributed by atoms with van der Waals surface area (Å²) in [5, 5.41) is 5.29. The molecule has 0 aliphatic carbocycles. The van der Waals surface area contributed by atoms with Gasteiger partial charge in [-0.15, -0.1) is 0 Å². The highest BCUT2D eigenvalue weighted by Crippen LogP contribution is 1.83. The number of nitrogens with two attached hydrogens (primary N) is 1. The third kappa shape index (κ3) is 6.42. The Morgan fingerprint density at radius 2 is 1.86 bits per heavy atom. The van der Waals surface area contributed by atoms with E-state index >= 15 is 0 Å². The molecule has 0 bridgehead atoms. The Labute approximate surface area is 84.4 Å². The molecule has 0 rings (SSSR count). The van der Waals surface area contributed by atoms with Crippen LogP contribution in [0.4, 0.5) is 0 Å². The second-order valence-electron chi connectivity index (χ2n) is 3.55. The maximum atomic E-state index is 11.1. The number of hydrogen-bond acceptors (Lipinski definition) is 3. The molecule has 0 aliphatic heterocycles. The molecule has 0 aliphatic rings. The van der Waals surface area contributed by atoms with Crippen LogP contribution >= 0.6 is 0 Å². The Hall–Kier alpha value is -1.10. The molecule has 0 unspecified atom stereocenters. The zero-order chi connectivity index (χ0) is 11.1. The van der Waals surface area contributed by atoms with Gasteiger partial charge in [-0.1, -0.05) is 0 Å². The molecule has 82 valence electrons. The first-order valence-corrected chi connectivity index (χ1v) is 4.76. The van der Waals surface area contributed by atoms with Crippen LogP contribution in [0.15, 0.2) is 0 Å². The molecular formula is C9H19N3O2. The SMILES string of the molecule is CC(C)NC(=O)CCNC(=O)[C@H](C)N. The highest BCUT2D eigenvalue weighted by Gasteiger charge is 2.07. The van der Waals surface area contributed by atoms with E-state index in [2.05, 4.69) is 10.6 Å². The smallest absolute Gasteiger partial charge is 0.236 e. The molecule has 0 aromatic carbocycles. The van der Waals surface area contributed by atoms with Gasteiger partial charge in [-0.3, -0.25) is 9.59 Å². The third-order valence-corrected chi connectivity index (χ3v) is 1.51. The largest absolute Gasteiger partial charge is 0.354 e. The van der Waals surface area contributed by atoms with Gasteiger partial charge in [-0.05, 0) is 20.8 Å². The van der Waals surface area contributed by atoms with E-state index < -0.39 is 6.04 Å². The number of hydrogen-bond donors (Lipinski definition) is 3. The lowest BCUT2D eigenvalue weighted by atomic mass is 10.3. The van der Waals surface area contributed by atoms with Crippen LogP contribution in [0, 0.1) is 0 Å². The summed E-state index contributed by atoms with van der Waals surface area (Å²) in [6.07, 6.45) is 0.288. The second-order valence-corrected chi connectivity index (χ2v) is 3.55. The molecule has 5 heteroatoms. The summed E-state index contributed by atoms with van der Waals surface area (Å²) < 4.78 is 0. The highest BCUT2D eigenvalue weighted by atomic mass is 16.2. The van der Waals surface area contributed by atoms with Crippen molar-refractivity contribution in [1.82, 2.24) is 10.6 Å². The van der Waals surface area contributed by atoms with Crippen molar-refractivity contribution in [2.24, 2.45) is 5.73 Å². The first-order valence-electron chi connectivity index (χ1n) is 4.76. The van der Waals surface area contributed by atoms with Crippen LogP contribution in [-0.2, 0) is 9.59 Å². The monoisotopic (exact) mass is 201 g/mol. The first-order chi connectivity index (χ1) is 6.43. The van der Waals surface area contributed by atoms with Crippen LogP contribution in [0.2, 0.25) is 0 Å². The van der Waals surface area contributed by atoms with Crippen LogP contribution in [0.3, 0.4) is 0 Å². The van der Waals surface area contributed by atoms with E-state index in [0.29, 0.717) is 6.54 Å². The topological polar surface area (TPSA) is 84.2 Å². The fourth-order valence-electron chi connectivity index (χ4n) is 0.854. The lowest BCUT2D eigenvalue weighted by Crippen LogP contribution is -2.40. The van der Waals surface area contributed by atoms with Crippen LogP contribution in [0.25, 0.3) is 0 Å². The van der Waals surface area contributed by atoms with Crippen LogP contribution in [0.5, 0.6) is 0 Å². The average Bonchev–Trinajstić information content (AvgIpc) is 2.02. The van der Waals surface area contributed by atoms with Crippen LogP contribution in [-0.4, -0.2) is 30.4 Å². The standard InChI is InChI=1S/C9H19N3O2/c1-6(2)12-8(13)4-5-11-9(14)7(3)10/h6-7H,4-5,10H2,1-3H3,(H,11,14)(H,12,13)/t7-/m0/s1. The molecule has 2 amide bonds. The van der Waals surface area contributed by atoms with E-state index in [1.807, 2.05) is 13.8 Å². The number of rotatable bonds is 5. The predicted molar refractivity (Wildman–Crippen MR) is 54.6 cm³/mol. The number of carbonyl (C=O) groups is 2. The number of amides is 2. The fraction of sp³-hybridized carbons (Fsp3) is 0.778. The predicted octanol–water partition coefficient (Wildman–Crippen LogP) is -0.635. The van der Waals surface area contributed by atoms with Crippen LogP contribution < -0.4 is 16.4 Å². The van der Waals surface area contributed by atoms with E-state index in [-0.39, 0.29) is 24.3 Å². The summed E-state index contributed by atoms with van der Waals surface area (Å²) in [7, 11) is 0. The Bertz CT molecular complexity index is 202. The Morgan fingerprint density at radius 3 is 2.29 bits per heavy atom. The van der Waals surface area contributed by atoms with Crippen molar-refractivity contribution in [2.75, 3.05) is 6.54 Å². The fourth-order valence-corrected chi connectivity index (χ4v) is 0.854. The van der Waals surface area contributed by atoms with Gasteiger partial charge in [0.2, 0.25) is 11.8 Å². The maximum Gasteiger partial charge on any atom is 0.236 e. The minimum absolute atomic E-state index is 0.0648. The van der Waals surface area contributed by atoms with Gasteiger partial charge in [0.05, 0.1) is 6.04 Å². The number of carbonyl (C=O) groups excluding carboxylic acids is 2. The van der Waals surface area contributed by atoms with E-state index in [1.54, 1.807) is 6.92 Å². The summed E-state index contributed by atoms with van der Waals surface area (Å²) in [4.78, 5) is 22.1. The molecule has 0 radical (unpaired) electrons. The van der Waals surface area contributed by atoms with Gasteiger partial charge in [0.25, 0.3) is 0 Å². The van der Waals surface area contributed by atoms with Gasteiger partial charge in [0, 0.05) is 19.0 Å². The van der Waals surface area contributed by atoms with Crippen molar-refractivity contribution in [3.63, 3.8) is 0 Å². The first kappa shape index (κ1) is 12.9. The molecule has 14 heavy (non-hydrogen) atoms. The van der Waals surface area contributed by atoms with E-state index in [9.17, 15) is 9.59 Å². The minimum atomic E-state index is -0.525. The maximum absolute atomic E-state index is 11.1. The van der Waals surface area contributed by atoms with Crippen molar-refractivity contribution in [2.45, 2.75) is 39.3 Å². The zero-order valence-electron chi connectivity index (χ0n) is 8.96. The Morgan fingerprint density at radius 1 is 1.29 bits per heavy atom. The summed E-state index contributed by atoms with van der Waals surface area (Å²) >= 11 is 0. The third-order valence-electron chi connectivity index (χ3n) is 1.51. The molecular weight excluding hydrogens is 182 g/mol. The lowest BCUT2D eigenvalue weighted by molar-refractivity contribution is -0.123. The summed E-state index contributed by atoms with van der Waals surface area (Å²) in [6, 6.07) is -0.394. The van der Waals surface area contributed by atoms with Crippen molar-refractivity contribution in [3.8, 4) is 0 Å². The number of nitrogens with one attached hydrogen (secondary N) is 2.